The molecule has 2 aromatic carbocycles. The summed E-state index contributed by atoms with van der Waals surface area (Å²) < 4.78 is 7.87. The van der Waals surface area contributed by atoms with Crippen LogP contribution in [0.2, 0.25) is 0 Å². The number of nitrogens with zero attached hydrogens (tertiary/aromatic N) is 2. The molecule has 1 saturated heterocycles. The average molecular weight is 407 g/mol. The Bertz CT molecular complexity index is 976. The monoisotopic (exact) mass is 406 g/mol. The number of benzene rings is 2. The van der Waals surface area contributed by atoms with E-state index in [0.29, 0.717) is 6.54 Å². The number of carbonyl (C=O) groups excluding carboxylic acids is 1. The average Bonchev–Trinajstić information content (AvgIpc) is 3.41. The number of aromatic nitrogens is 1. The van der Waals surface area contributed by atoms with E-state index >= 15 is 0 Å². The fourth-order valence-electron chi connectivity index (χ4n) is 4.55. The molecule has 158 valence electrons. The standard InChI is InChI=1S/C25H31N3O2/c1-26-22(18-21-12-6-7-13-23(21)26)19-28(17-16-27-14-8-9-15-27)25(29)24(30-2)20-10-4-3-5-11-20/h3-7,10-13,18,24H,8-9,14-17,19H2,1-2H3/p+1/t24-/m0/s1. The maximum absolute atomic E-state index is 13.6. The second kappa shape index (κ2) is 9.45. The van der Waals surface area contributed by atoms with Gasteiger partial charge < -0.3 is 19.1 Å². The minimum Gasteiger partial charge on any atom is -0.367 e. The molecule has 1 atom stereocenters. The van der Waals surface area contributed by atoms with Crippen molar-refractivity contribution in [2.24, 2.45) is 7.05 Å². The number of carbonyl (C=O) groups is 1. The minimum absolute atomic E-state index is 0.0348. The van der Waals surface area contributed by atoms with Gasteiger partial charge in [-0.15, -0.1) is 0 Å². The summed E-state index contributed by atoms with van der Waals surface area (Å²) in [6.07, 6.45) is 2.00. The lowest BCUT2D eigenvalue weighted by Crippen LogP contribution is -3.10. The molecular formula is C25H32N3O2+. The third kappa shape index (κ3) is 4.42. The van der Waals surface area contributed by atoms with Crippen molar-refractivity contribution >= 4 is 16.8 Å². The summed E-state index contributed by atoms with van der Waals surface area (Å²) in [5.74, 6) is 0.0348. The Morgan fingerprint density at radius 2 is 1.80 bits per heavy atom. The van der Waals surface area contributed by atoms with Crippen LogP contribution in [0.15, 0.2) is 60.7 Å². The predicted octanol–water partition coefficient (Wildman–Crippen LogP) is 2.57. The Morgan fingerprint density at radius 3 is 2.50 bits per heavy atom. The lowest BCUT2D eigenvalue weighted by Gasteiger charge is -2.28. The van der Waals surface area contributed by atoms with Crippen molar-refractivity contribution in [3.8, 4) is 0 Å². The molecule has 1 aliphatic rings. The van der Waals surface area contributed by atoms with Crippen LogP contribution in [0.3, 0.4) is 0 Å². The van der Waals surface area contributed by atoms with E-state index in [1.807, 2.05) is 35.2 Å². The summed E-state index contributed by atoms with van der Waals surface area (Å²) in [6, 6.07) is 20.4. The lowest BCUT2D eigenvalue weighted by molar-refractivity contribution is -0.886. The zero-order valence-electron chi connectivity index (χ0n) is 18.0. The van der Waals surface area contributed by atoms with Crippen LogP contribution in [0.25, 0.3) is 10.9 Å². The molecule has 0 saturated carbocycles. The zero-order chi connectivity index (χ0) is 20.9. The van der Waals surface area contributed by atoms with Crippen molar-refractivity contribution in [3.63, 3.8) is 0 Å². The van der Waals surface area contributed by atoms with E-state index < -0.39 is 6.10 Å². The summed E-state index contributed by atoms with van der Waals surface area (Å²) >= 11 is 0. The van der Waals surface area contributed by atoms with E-state index in [-0.39, 0.29) is 5.91 Å². The predicted molar refractivity (Wildman–Crippen MR) is 119 cm³/mol. The van der Waals surface area contributed by atoms with E-state index in [1.54, 1.807) is 12.0 Å². The molecule has 0 bridgehead atoms. The molecule has 1 N–H and O–H groups in total. The van der Waals surface area contributed by atoms with Gasteiger partial charge in [-0.05, 0) is 23.1 Å². The molecule has 4 rings (SSSR count). The summed E-state index contributed by atoms with van der Waals surface area (Å²) in [4.78, 5) is 17.2. The van der Waals surface area contributed by atoms with Gasteiger partial charge in [0, 0.05) is 38.2 Å². The van der Waals surface area contributed by atoms with Crippen LogP contribution >= 0.6 is 0 Å². The van der Waals surface area contributed by atoms with E-state index in [4.69, 9.17) is 4.74 Å². The highest BCUT2D eigenvalue weighted by Crippen LogP contribution is 2.23. The Morgan fingerprint density at radius 1 is 1.10 bits per heavy atom. The SMILES string of the molecule is CO[C@H](C(=O)N(CC[NH+]1CCCC1)Cc1cc2ccccc2n1C)c1ccccc1. The van der Waals surface area contributed by atoms with Crippen LogP contribution in [0, 0.1) is 0 Å². The molecule has 0 unspecified atom stereocenters. The first-order valence-corrected chi connectivity index (χ1v) is 10.9. The largest absolute Gasteiger partial charge is 0.367 e. The number of hydrogen-bond acceptors (Lipinski definition) is 2. The van der Waals surface area contributed by atoms with E-state index in [1.165, 1.54) is 36.8 Å². The summed E-state index contributed by atoms with van der Waals surface area (Å²) in [7, 11) is 3.70. The van der Waals surface area contributed by atoms with Crippen molar-refractivity contribution < 1.29 is 14.4 Å². The number of methoxy groups -OCH3 is 1. The van der Waals surface area contributed by atoms with Crippen LogP contribution in [0.4, 0.5) is 0 Å². The number of hydrogen-bond donors (Lipinski definition) is 1. The van der Waals surface area contributed by atoms with Crippen molar-refractivity contribution in [1.82, 2.24) is 9.47 Å². The van der Waals surface area contributed by atoms with Gasteiger partial charge in [-0.25, -0.2) is 0 Å². The number of nitrogens with one attached hydrogen (secondary N) is 1. The first kappa shape index (κ1) is 20.6. The highest BCUT2D eigenvalue weighted by molar-refractivity contribution is 5.83. The second-order valence-corrected chi connectivity index (χ2v) is 8.25. The molecule has 1 aromatic heterocycles. The van der Waals surface area contributed by atoms with E-state index in [9.17, 15) is 4.79 Å². The van der Waals surface area contributed by atoms with Crippen molar-refractivity contribution in [2.45, 2.75) is 25.5 Å². The van der Waals surface area contributed by atoms with Gasteiger partial charge in [0.2, 0.25) is 0 Å². The molecule has 1 aliphatic heterocycles. The first-order valence-electron chi connectivity index (χ1n) is 10.9. The van der Waals surface area contributed by atoms with Crippen LogP contribution in [0.1, 0.15) is 30.2 Å². The molecule has 0 radical (unpaired) electrons. The molecule has 30 heavy (non-hydrogen) atoms. The van der Waals surface area contributed by atoms with Gasteiger partial charge in [0.15, 0.2) is 6.10 Å². The molecule has 5 nitrogen and oxygen atoms in total. The van der Waals surface area contributed by atoms with Crippen LogP contribution in [0.5, 0.6) is 0 Å². The van der Waals surface area contributed by atoms with Crippen LogP contribution in [-0.4, -0.2) is 48.7 Å². The summed E-state index contributed by atoms with van der Waals surface area (Å²) in [5.41, 5.74) is 3.24. The fraction of sp³-hybridized carbons (Fsp3) is 0.400. The lowest BCUT2D eigenvalue weighted by atomic mass is 10.1. The number of fused-ring (bicyclic) bond motifs is 1. The number of para-hydroxylation sites is 1. The number of rotatable bonds is 8. The zero-order valence-corrected chi connectivity index (χ0v) is 18.0. The summed E-state index contributed by atoms with van der Waals surface area (Å²) in [5, 5.41) is 1.21. The number of likely N-dealkylation sites (tertiary alicyclic amines) is 1. The van der Waals surface area contributed by atoms with Gasteiger partial charge in [-0.3, -0.25) is 4.79 Å². The molecule has 5 heteroatoms. The number of ether oxygens (including phenoxy) is 1. The number of amides is 1. The highest BCUT2D eigenvalue weighted by atomic mass is 16.5. The maximum Gasteiger partial charge on any atom is 0.256 e. The molecule has 3 aromatic rings. The fourth-order valence-corrected chi connectivity index (χ4v) is 4.55. The van der Waals surface area contributed by atoms with Gasteiger partial charge in [0.1, 0.15) is 0 Å². The Balaban J connectivity index is 1.59. The molecule has 0 spiro atoms. The van der Waals surface area contributed by atoms with E-state index in [0.717, 1.165) is 24.3 Å². The van der Waals surface area contributed by atoms with Gasteiger partial charge >= 0.3 is 0 Å². The highest BCUT2D eigenvalue weighted by Gasteiger charge is 2.28. The molecule has 1 fully saturated rings. The first-order chi connectivity index (χ1) is 14.7. The van der Waals surface area contributed by atoms with E-state index in [2.05, 4.69) is 41.9 Å². The number of quaternary nitrogens is 1. The van der Waals surface area contributed by atoms with Gasteiger partial charge in [-0.1, -0.05) is 48.5 Å². The van der Waals surface area contributed by atoms with Crippen LogP contribution in [-0.2, 0) is 23.1 Å². The third-order valence-electron chi connectivity index (χ3n) is 6.32. The van der Waals surface area contributed by atoms with Crippen molar-refractivity contribution in [3.05, 3.63) is 71.9 Å². The Hall–Kier alpha value is -2.63. The Kier molecular flexibility index (Phi) is 6.50. The number of aryl methyl sites for hydroxylation is 1. The Labute approximate surface area is 178 Å². The molecule has 0 aliphatic carbocycles. The maximum atomic E-state index is 13.6. The minimum atomic E-state index is -0.575. The van der Waals surface area contributed by atoms with Crippen molar-refractivity contribution in [2.75, 3.05) is 33.3 Å². The van der Waals surface area contributed by atoms with Crippen LogP contribution < -0.4 is 4.90 Å². The molecule has 1 amide bonds. The molecular weight excluding hydrogens is 374 g/mol. The van der Waals surface area contributed by atoms with Crippen molar-refractivity contribution in [1.29, 1.82) is 0 Å². The summed E-state index contributed by atoms with van der Waals surface area (Å²) in [6.45, 7) is 4.73. The quantitative estimate of drug-likeness (QED) is 0.625. The molecule has 2 heterocycles. The topological polar surface area (TPSA) is 38.9 Å². The van der Waals surface area contributed by atoms with Gasteiger partial charge in [0.25, 0.3) is 5.91 Å². The smallest absolute Gasteiger partial charge is 0.256 e. The second-order valence-electron chi connectivity index (χ2n) is 8.25. The normalized spacial score (nSPS) is 15.5. The van der Waals surface area contributed by atoms with Gasteiger partial charge in [0.05, 0.1) is 32.7 Å². The third-order valence-corrected chi connectivity index (χ3v) is 6.32. The van der Waals surface area contributed by atoms with Gasteiger partial charge in [-0.2, -0.15) is 0 Å².